The Balaban J connectivity index is 3.43. The van der Waals surface area contributed by atoms with Crippen molar-refractivity contribution in [1.82, 2.24) is 5.32 Å². The summed E-state index contributed by atoms with van der Waals surface area (Å²) in [5.74, 6) is -0.0448. The summed E-state index contributed by atoms with van der Waals surface area (Å²) in [5.41, 5.74) is 0. The van der Waals surface area contributed by atoms with Crippen LogP contribution in [-0.2, 0) is 14.3 Å². The Morgan fingerprint density at radius 2 is 0.644 bits per heavy atom. The number of aliphatic hydroxyl groups is 2. The monoisotopic (exact) mass is 1030 g/mol. The van der Waals surface area contributed by atoms with Crippen LogP contribution < -0.4 is 5.32 Å². The highest BCUT2D eigenvalue weighted by atomic mass is 16.5. The van der Waals surface area contributed by atoms with Crippen molar-refractivity contribution in [1.29, 1.82) is 0 Å². The number of unbranched alkanes of at least 4 members (excludes halogenated alkanes) is 50. The minimum Gasteiger partial charge on any atom is -0.466 e. The largest absolute Gasteiger partial charge is 0.466 e. The van der Waals surface area contributed by atoms with E-state index >= 15 is 0 Å². The zero-order chi connectivity index (χ0) is 52.9. The molecular formula is C67H131NO5. The highest BCUT2D eigenvalue weighted by molar-refractivity contribution is 5.76. The van der Waals surface area contributed by atoms with Gasteiger partial charge in [0.2, 0.25) is 5.91 Å². The summed E-state index contributed by atoms with van der Waals surface area (Å²) < 4.78 is 5.49. The average Bonchev–Trinajstić information content (AvgIpc) is 3.39. The third kappa shape index (κ3) is 59.7. The third-order valence-electron chi connectivity index (χ3n) is 15.8. The van der Waals surface area contributed by atoms with Crippen molar-refractivity contribution in [2.75, 3.05) is 13.2 Å². The molecule has 1 amide bonds. The van der Waals surface area contributed by atoms with Crippen LogP contribution in [0.25, 0.3) is 0 Å². The van der Waals surface area contributed by atoms with Gasteiger partial charge < -0.3 is 20.3 Å². The lowest BCUT2D eigenvalue weighted by atomic mass is 10.0. The lowest BCUT2D eigenvalue weighted by Gasteiger charge is -2.22. The van der Waals surface area contributed by atoms with Gasteiger partial charge in [0.1, 0.15) is 0 Å². The molecule has 0 aromatic heterocycles. The van der Waals surface area contributed by atoms with E-state index in [0.717, 1.165) is 64.2 Å². The first-order valence-electron chi connectivity index (χ1n) is 33.4. The van der Waals surface area contributed by atoms with Crippen molar-refractivity contribution in [3.63, 3.8) is 0 Å². The topological polar surface area (TPSA) is 95.9 Å². The Morgan fingerprint density at radius 3 is 0.973 bits per heavy atom. The van der Waals surface area contributed by atoms with E-state index in [9.17, 15) is 19.8 Å². The smallest absolute Gasteiger partial charge is 0.305 e. The lowest BCUT2D eigenvalue weighted by molar-refractivity contribution is -0.143. The Morgan fingerprint density at radius 1 is 0.370 bits per heavy atom. The maximum absolute atomic E-state index is 12.5. The third-order valence-corrected chi connectivity index (χ3v) is 15.8. The van der Waals surface area contributed by atoms with Crippen LogP contribution in [0.15, 0.2) is 12.2 Å². The van der Waals surface area contributed by atoms with Crippen LogP contribution in [-0.4, -0.2) is 47.4 Å². The summed E-state index contributed by atoms with van der Waals surface area (Å²) in [6.07, 6.45) is 76.6. The summed E-state index contributed by atoms with van der Waals surface area (Å²) in [5, 5.41) is 23.4. The van der Waals surface area contributed by atoms with E-state index < -0.39 is 12.1 Å². The standard InChI is InChI=1S/C67H131NO5/c1-3-5-7-9-11-13-15-17-19-21-22-23-24-25-26-28-31-35-39-43-47-51-55-59-65(70)64(63-69)68-66(71)60-56-52-48-44-40-36-32-29-30-34-38-42-46-50-54-58-62-73-67(72)61-57-53-49-45-41-37-33-27-20-18-16-14-12-10-8-6-4-2/h29,32,64-65,69-70H,3-28,30-31,33-63H2,1-2H3,(H,68,71)/b32-29-. The van der Waals surface area contributed by atoms with Crippen molar-refractivity contribution in [2.24, 2.45) is 0 Å². The summed E-state index contributed by atoms with van der Waals surface area (Å²) in [6.45, 7) is 4.97. The van der Waals surface area contributed by atoms with Gasteiger partial charge in [0.05, 0.1) is 25.4 Å². The summed E-state index contributed by atoms with van der Waals surface area (Å²) >= 11 is 0. The molecule has 0 rings (SSSR count). The van der Waals surface area contributed by atoms with E-state index in [4.69, 9.17) is 4.74 Å². The lowest BCUT2D eigenvalue weighted by Crippen LogP contribution is -2.45. The molecule has 0 aliphatic heterocycles. The number of hydrogen-bond donors (Lipinski definition) is 3. The van der Waals surface area contributed by atoms with E-state index in [0.29, 0.717) is 25.9 Å². The predicted molar refractivity (Wildman–Crippen MR) is 320 cm³/mol. The van der Waals surface area contributed by atoms with Gasteiger partial charge in [0.15, 0.2) is 0 Å². The molecule has 0 heterocycles. The fourth-order valence-corrected chi connectivity index (χ4v) is 10.7. The van der Waals surface area contributed by atoms with Gasteiger partial charge in [-0.2, -0.15) is 0 Å². The van der Waals surface area contributed by atoms with Crippen molar-refractivity contribution in [2.45, 2.75) is 392 Å². The van der Waals surface area contributed by atoms with E-state index in [1.807, 2.05) is 0 Å². The molecule has 3 N–H and O–H groups in total. The zero-order valence-electron chi connectivity index (χ0n) is 49.6. The molecule has 0 saturated carbocycles. The second-order valence-electron chi connectivity index (χ2n) is 23.2. The molecule has 0 fully saturated rings. The molecule has 0 saturated heterocycles. The number of nitrogens with one attached hydrogen (secondary N) is 1. The number of carbonyl (C=O) groups is 2. The fraction of sp³-hybridized carbons (Fsp3) is 0.940. The van der Waals surface area contributed by atoms with Gasteiger partial charge in [-0.15, -0.1) is 0 Å². The van der Waals surface area contributed by atoms with E-state index in [2.05, 4.69) is 31.3 Å². The predicted octanol–water partition coefficient (Wildman–Crippen LogP) is 21.2. The van der Waals surface area contributed by atoms with Gasteiger partial charge >= 0.3 is 5.97 Å². The van der Waals surface area contributed by atoms with Crippen LogP contribution in [0.1, 0.15) is 380 Å². The zero-order valence-corrected chi connectivity index (χ0v) is 49.6. The van der Waals surface area contributed by atoms with Crippen molar-refractivity contribution in [3.05, 3.63) is 12.2 Å². The first-order valence-corrected chi connectivity index (χ1v) is 33.4. The van der Waals surface area contributed by atoms with Gasteiger partial charge in [-0.25, -0.2) is 0 Å². The quantitative estimate of drug-likeness (QED) is 0.0320. The van der Waals surface area contributed by atoms with Crippen LogP contribution in [0.4, 0.5) is 0 Å². The molecule has 2 atom stereocenters. The first-order chi connectivity index (χ1) is 36.0. The highest BCUT2D eigenvalue weighted by Crippen LogP contribution is 2.19. The SMILES string of the molecule is CCCCCCCCCCCCCCCCCCCCCCCCCC(O)C(CO)NC(=O)CCCCCCC/C=C\CCCCCCCCCOC(=O)CCCCCCCCCCCCCCCCCCC. The molecule has 434 valence electrons. The minimum atomic E-state index is -0.675. The number of hydrogen-bond acceptors (Lipinski definition) is 5. The Hall–Kier alpha value is -1.40. The summed E-state index contributed by atoms with van der Waals surface area (Å²) in [4.78, 5) is 24.6. The number of rotatable bonds is 63. The maximum atomic E-state index is 12.5. The second kappa shape index (κ2) is 63.1. The maximum Gasteiger partial charge on any atom is 0.305 e. The molecule has 0 aliphatic carbocycles. The van der Waals surface area contributed by atoms with E-state index in [1.54, 1.807) is 0 Å². The number of allylic oxidation sites excluding steroid dienone is 2. The average molecular weight is 1030 g/mol. The molecule has 73 heavy (non-hydrogen) atoms. The van der Waals surface area contributed by atoms with E-state index in [-0.39, 0.29) is 18.5 Å². The summed E-state index contributed by atoms with van der Waals surface area (Å²) in [6, 6.07) is -0.554. The Bertz CT molecular complexity index is 1100. The molecular weight excluding hydrogens is 899 g/mol. The first kappa shape index (κ1) is 71.6. The van der Waals surface area contributed by atoms with Gasteiger partial charge in [-0.3, -0.25) is 9.59 Å². The molecule has 0 spiro atoms. The molecule has 6 nitrogen and oxygen atoms in total. The van der Waals surface area contributed by atoms with Crippen LogP contribution in [0.3, 0.4) is 0 Å². The van der Waals surface area contributed by atoms with Crippen molar-refractivity contribution < 1.29 is 24.5 Å². The van der Waals surface area contributed by atoms with Crippen LogP contribution >= 0.6 is 0 Å². The van der Waals surface area contributed by atoms with Crippen LogP contribution in [0.5, 0.6) is 0 Å². The van der Waals surface area contributed by atoms with Gasteiger partial charge in [-0.05, 0) is 51.4 Å². The minimum absolute atomic E-state index is 0.00249. The number of aliphatic hydroxyl groups excluding tert-OH is 2. The van der Waals surface area contributed by atoms with Crippen molar-refractivity contribution >= 4 is 11.9 Å². The molecule has 0 aromatic carbocycles. The Labute approximate surface area is 457 Å². The number of carbonyl (C=O) groups excluding carboxylic acids is 2. The normalized spacial score (nSPS) is 12.5. The number of amides is 1. The fourth-order valence-electron chi connectivity index (χ4n) is 10.7. The Kier molecular flexibility index (Phi) is 61.9. The number of ether oxygens (including phenoxy) is 1. The van der Waals surface area contributed by atoms with Gasteiger partial charge in [0.25, 0.3) is 0 Å². The van der Waals surface area contributed by atoms with Crippen LogP contribution in [0, 0.1) is 0 Å². The number of esters is 1. The molecule has 2 unspecified atom stereocenters. The van der Waals surface area contributed by atoms with Gasteiger partial charge in [0, 0.05) is 12.8 Å². The van der Waals surface area contributed by atoms with Gasteiger partial charge in [-0.1, -0.05) is 328 Å². The van der Waals surface area contributed by atoms with Crippen molar-refractivity contribution in [3.8, 4) is 0 Å². The van der Waals surface area contributed by atoms with E-state index in [1.165, 1.54) is 283 Å². The summed E-state index contributed by atoms with van der Waals surface area (Å²) in [7, 11) is 0. The van der Waals surface area contributed by atoms with Crippen LogP contribution in [0.2, 0.25) is 0 Å². The molecule has 6 heteroatoms. The molecule has 0 bridgehead atoms. The molecule has 0 aromatic rings. The molecule has 0 radical (unpaired) electrons. The second-order valence-corrected chi connectivity index (χ2v) is 23.2. The molecule has 0 aliphatic rings. The highest BCUT2D eigenvalue weighted by Gasteiger charge is 2.20.